The summed E-state index contributed by atoms with van der Waals surface area (Å²) in [5.41, 5.74) is 0. The third-order valence-corrected chi connectivity index (χ3v) is 4.39. The first-order valence-electron chi connectivity index (χ1n) is 8.53. The van der Waals surface area contributed by atoms with Crippen molar-refractivity contribution in [3.05, 3.63) is 24.9 Å². The van der Waals surface area contributed by atoms with E-state index in [1.54, 1.807) is 18.9 Å². The summed E-state index contributed by atoms with van der Waals surface area (Å²) >= 11 is 0. The van der Waals surface area contributed by atoms with Gasteiger partial charge in [0.25, 0.3) is 0 Å². The highest BCUT2D eigenvalue weighted by Gasteiger charge is 2.25. The van der Waals surface area contributed by atoms with Crippen LogP contribution in [0.5, 0.6) is 0 Å². The highest BCUT2D eigenvalue weighted by atomic mass is 16.2. The van der Waals surface area contributed by atoms with E-state index < -0.39 is 0 Å². The number of hydrogen-bond donors (Lipinski definition) is 1. The Morgan fingerprint density at radius 1 is 1.38 bits per heavy atom. The highest BCUT2D eigenvalue weighted by molar-refractivity contribution is 5.91. The second-order valence-electron chi connectivity index (χ2n) is 6.54. The lowest BCUT2D eigenvalue weighted by Crippen LogP contribution is -2.46. The fourth-order valence-corrected chi connectivity index (χ4v) is 3.21. The molecule has 0 aromatic carbocycles. The normalized spacial score (nSPS) is 18.9. The van der Waals surface area contributed by atoms with Gasteiger partial charge in [0.05, 0.1) is 19.3 Å². The Kier molecular flexibility index (Phi) is 5.24. The zero-order valence-electron chi connectivity index (χ0n) is 14.3. The molecule has 1 amide bonds. The van der Waals surface area contributed by atoms with Crippen LogP contribution in [-0.4, -0.2) is 54.5 Å². The maximum absolute atomic E-state index is 12.5. The number of hydrogen-bond acceptors (Lipinski definition) is 5. The number of piperidine rings is 1. The topological polar surface area (TPSA) is 80.9 Å². The van der Waals surface area contributed by atoms with Gasteiger partial charge in [0, 0.05) is 18.2 Å². The van der Waals surface area contributed by atoms with E-state index >= 15 is 0 Å². The van der Waals surface area contributed by atoms with E-state index in [0.29, 0.717) is 12.6 Å². The molecule has 8 nitrogen and oxygen atoms in total. The Morgan fingerprint density at radius 3 is 3.00 bits per heavy atom. The molecule has 2 aromatic heterocycles. The fourth-order valence-electron chi connectivity index (χ4n) is 3.21. The number of carbonyl (C=O) groups is 1. The molecular weight excluding hydrogens is 306 g/mol. The quantitative estimate of drug-likeness (QED) is 0.868. The monoisotopic (exact) mass is 331 g/mol. The van der Waals surface area contributed by atoms with Gasteiger partial charge >= 0.3 is 0 Å². The molecule has 1 N–H and O–H groups in total. The van der Waals surface area contributed by atoms with E-state index in [4.69, 9.17) is 0 Å². The van der Waals surface area contributed by atoms with Crippen LogP contribution < -0.4 is 5.32 Å². The molecule has 0 spiro atoms. The Bertz CT molecular complexity index is 649. The summed E-state index contributed by atoms with van der Waals surface area (Å²) in [7, 11) is 0. The predicted octanol–water partition coefficient (Wildman–Crippen LogP) is 1.55. The van der Waals surface area contributed by atoms with Crippen LogP contribution in [0.15, 0.2) is 24.9 Å². The summed E-state index contributed by atoms with van der Waals surface area (Å²) in [6.45, 7) is 6.19. The number of likely N-dealkylation sites (tertiary alicyclic amines) is 1. The molecule has 1 saturated heterocycles. The Balaban J connectivity index is 1.60. The first kappa shape index (κ1) is 16.6. The lowest BCUT2D eigenvalue weighted by atomic mass is 10.0. The molecule has 3 heterocycles. The Hall–Kier alpha value is -2.22. The lowest BCUT2D eigenvalue weighted by Gasteiger charge is -2.35. The van der Waals surface area contributed by atoms with Crippen LogP contribution in [0.4, 0.5) is 5.82 Å². The number of nitrogens with zero attached hydrogens (tertiary/aromatic N) is 6. The zero-order valence-corrected chi connectivity index (χ0v) is 14.3. The molecule has 0 radical (unpaired) electrons. The van der Waals surface area contributed by atoms with E-state index in [1.807, 2.05) is 29.3 Å². The zero-order chi connectivity index (χ0) is 16.9. The third-order valence-electron chi connectivity index (χ3n) is 4.39. The number of carbonyl (C=O) groups excluding carboxylic acids is 1. The molecule has 24 heavy (non-hydrogen) atoms. The molecule has 0 aliphatic carbocycles. The first-order chi connectivity index (χ1) is 11.6. The molecular formula is C16H25N7O. The number of rotatable bonds is 6. The van der Waals surface area contributed by atoms with Crippen LogP contribution in [0.2, 0.25) is 0 Å². The van der Waals surface area contributed by atoms with Crippen molar-refractivity contribution >= 4 is 11.7 Å². The molecule has 1 fully saturated rings. The van der Waals surface area contributed by atoms with E-state index in [2.05, 4.69) is 25.4 Å². The summed E-state index contributed by atoms with van der Waals surface area (Å²) in [6.07, 6.45) is 8.39. The van der Waals surface area contributed by atoms with Crippen molar-refractivity contribution in [2.75, 3.05) is 18.4 Å². The molecule has 0 unspecified atom stereocenters. The molecule has 8 heteroatoms. The van der Waals surface area contributed by atoms with Crippen LogP contribution in [0.25, 0.3) is 0 Å². The van der Waals surface area contributed by atoms with Crippen molar-refractivity contribution in [3.63, 3.8) is 0 Å². The van der Waals surface area contributed by atoms with E-state index in [-0.39, 0.29) is 11.9 Å². The van der Waals surface area contributed by atoms with E-state index in [0.717, 1.165) is 31.7 Å². The summed E-state index contributed by atoms with van der Waals surface area (Å²) in [4.78, 5) is 18.7. The summed E-state index contributed by atoms with van der Waals surface area (Å²) in [6, 6.07) is 2.37. The second kappa shape index (κ2) is 7.57. The number of amides is 1. The summed E-state index contributed by atoms with van der Waals surface area (Å²) < 4.78 is 3.66. The van der Waals surface area contributed by atoms with Crippen LogP contribution in [0.1, 0.15) is 39.2 Å². The molecule has 0 saturated carbocycles. The van der Waals surface area contributed by atoms with Gasteiger partial charge in [0.2, 0.25) is 5.91 Å². The minimum Gasteiger partial charge on any atom is -0.310 e. The summed E-state index contributed by atoms with van der Waals surface area (Å²) in [5, 5.41) is 11.4. The largest absolute Gasteiger partial charge is 0.310 e. The lowest BCUT2D eigenvalue weighted by molar-refractivity contribution is -0.118. The van der Waals surface area contributed by atoms with Gasteiger partial charge in [0.1, 0.15) is 18.5 Å². The first-order valence-corrected chi connectivity index (χ1v) is 8.53. The minimum absolute atomic E-state index is 0.00268. The van der Waals surface area contributed by atoms with Crippen molar-refractivity contribution in [1.29, 1.82) is 0 Å². The predicted molar refractivity (Wildman–Crippen MR) is 90.5 cm³/mol. The van der Waals surface area contributed by atoms with Crippen molar-refractivity contribution < 1.29 is 4.79 Å². The molecule has 1 aliphatic heterocycles. The van der Waals surface area contributed by atoms with Crippen LogP contribution in [-0.2, 0) is 11.3 Å². The number of anilines is 1. The van der Waals surface area contributed by atoms with Gasteiger partial charge in [-0.05, 0) is 33.2 Å². The SMILES string of the molecule is CC(C)n1nccc1NC(=O)CN1CCCC[C@H]1Cn1cncn1. The number of nitrogens with one attached hydrogen (secondary N) is 1. The van der Waals surface area contributed by atoms with Crippen LogP contribution >= 0.6 is 0 Å². The molecule has 0 bridgehead atoms. The molecule has 1 aliphatic rings. The van der Waals surface area contributed by atoms with Gasteiger partial charge in [0.15, 0.2) is 0 Å². The van der Waals surface area contributed by atoms with Gasteiger partial charge in [-0.15, -0.1) is 0 Å². The maximum Gasteiger partial charge on any atom is 0.239 e. The van der Waals surface area contributed by atoms with Gasteiger partial charge in [-0.2, -0.15) is 10.2 Å². The molecule has 2 aromatic rings. The second-order valence-corrected chi connectivity index (χ2v) is 6.54. The average Bonchev–Trinajstić information content (AvgIpc) is 3.21. The van der Waals surface area contributed by atoms with Crippen molar-refractivity contribution in [2.45, 2.75) is 51.7 Å². The minimum atomic E-state index is 0.00268. The fraction of sp³-hybridized carbons (Fsp3) is 0.625. The van der Waals surface area contributed by atoms with Crippen LogP contribution in [0, 0.1) is 0 Å². The molecule has 3 rings (SSSR count). The van der Waals surface area contributed by atoms with Gasteiger partial charge < -0.3 is 5.32 Å². The highest BCUT2D eigenvalue weighted by Crippen LogP contribution is 2.19. The average molecular weight is 331 g/mol. The van der Waals surface area contributed by atoms with Crippen molar-refractivity contribution in [1.82, 2.24) is 29.4 Å². The number of aromatic nitrogens is 5. The van der Waals surface area contributed by atoms with Gasteiger partial charge in [-0.25, -0.2) is 9.67 Å². The summed E-state index contributed by atoms with van der Waals surface area (Å²) in [5.74, 6) is 0.753. The van der Waals surface area contributed by atoms with Gasteiger partial charge in [-0.1, -0.05) is 6.42 Å². The van der Waals surface area contributed by atoms with Gasteiger partial charge in [-0.3, -0.25) is 14.4 Å². The standard InChI is InChI=1S/C16H25N7O/c1-13(2)23-15(6-7-18-23)20-16(24)10-21-8-4-3-5-14(21)9-22-12-17-11-19-22/h6-7,11-14H,3-5,8-10H2,1-2H3,(H,20,24)/t14-/m0/s1. The molecule has 130 valence electrons. The van der Waals surface area contributed by atoms with E-state index in [1.165, 1.54) is 6.42 Å². The van der Waals surface area contributed by atoms with Crippen molar-refractivity contribution in [2.24, 2.45) is 0 Å². The Morgan fingerprint density at radius 2 is 2.25 bits per heavy atom. The smallest absolute Gasteiger partial charge is 0.239 e. The maximum atomic E-state index is 12.5. The van der Waals surface area contributed by atoms with Crippen LogP contribution in [0.3, 0.4) is 0 Å². The Labute approximate surface area is 141 Å². The van der Waals surface area contributed by atoms with Crippen molar-refractivity contribution in [3.8, 4) is 0 Å². The third kappa shape index (κ3) is 4.00. The van der Waals surface area contributed by atoms with E-state index in [9.17, 15) is 4.79 Å². The molecule has 1 atom stereocenters.